The number of likely N-dealkylation sites (N-methyl/N-ethyl adjacent to an activating group) is 2. The van der Waals surface area contributed by atoms with E-state index in [2.05, 4.69) is 0 Å². The average Bonchev–Trinajstić information content (AvgIpc) is 2.95. The number of piperidine rings is 1. The van der Waals surface area contributed by atoms with Gasteiger partial charge in [0.15, 0.2) is 11.6 Å². The van der Waals surface area contributed by atoms with Gasteiger partial charge in [0.2, 0.25) is 0 Å². The Morgan fingerprint density at radius 1 is 0.829 bits per heavy atom. The van der Waals surface area contributed by atoms with Crippen molar-refractivity contribution < 1.29 is 29.0 Å². The maximum Gasteiger partial charge on any atom is 0.319 e. The van der Waals surface area contributed by atoms with Crippen molar-refractivity contribution in [3.63, 3.8) is 0 Å². The molecular weight excluding hydrogens is 525 g/mol. The summed E-state index contributed by atoms with van der Waals surface area (Å²) in [7, 11) is 5.48. The summed E-state index contributed by atoms with van der Waals surface area (Å²) >= 11 is 0. The molecule has 1 saturated heterocycles. The number of benzene rings is 3. The number of phenols is 2. The molecule has 0 saturated carbocycles. The lowest BCUT2D eigenvalue weighted by Crippen LogP contribution is -2.55. The monoisotopic (exact) mass is 561 g/mol. The van der Waals surface area contributed by atoms with Gasteiger partial charge in [0.25, 0.3) is 0 Å². The second kappa shape index (κ2) is 12.5. The van der Waals surface area contributed by atoms with Crippen LogP contribution in [0.1, 0.15) is 37.8 Å². The number of hydrogen-bond donors (Lipinski definition) is 2. The predicted octanol–water partition coefficient (Wildman–Crippen LogP) is 4.56. The van der Waals surface area contributed by atoms with Crippen molar-refractivity contribution in [2.45, 2.75) is 12.8 Å². The van der Waals surface area contributed by atoms with Crippen molar-refractivity contribution in [1.82, 2.24) is 14.7 Å². The van der Waals surface area contributed by atoms with Gasteiger partial charge >= 0.3 is 6.03 Å². The van der Waals surface area contributed by atoms with Crippen LogP contribution in [0.25, 0.3) is 0 Å². The van der Waals surface area contributed by atoms with Gasteiger partial charge in [-0.05, 0) is 62.5 Å². The fourth-order valence-corrected chi connectivity index (χ4v) is 5.56. The van der Waals surface area contributed by atoms with Gasteiger partial charge in [-0.15, -0.1) is 0 Å². The molecule has 216 valence electrons. The number of urea groups is 1. The Bertz CT molecular complexity index is 1370. The molecule has 3 aromatic carbocycles. The molecule has 0 aliphatic carbocycles. The molecule has 2 atom stereocenters. The molecular formula is C32H36FN3O5. The minimum Gasteiger partial charge on any atom is -0.508 e. The van der Waals surface area contributed by atoms with Crippen molar-refractivity contribution in [2.24, 2.45) is 11.8 Å². The molecule has 2 amide bonds. The quantitative estimate of drug-likeness (QED) is 0.391. The summed E-state index contributed by atoms with van der Waals surface area (Å²) in [5, 5.41) is 20.2. The standard InChI is InChI=1S/C32H36FN3O5/c1-20-25(12-7-13-28(20)33)29-26(30(39)21-8-5-10-23(37)16-21)18-36(32(41)35(4)15-14-34(2)3)19-27(29)31(40)22-9-6-11-24(38)17-22/h5-13,16-17,26-27,29,37-38H,14-15,18-19H2,1-4H3/t26-,27-/m0/s1. The van der Waals surface area contributed by atoms with Crippen LogP contribution in [0.3, 0.4) is 0 Å². The molecule has 1 fully saturated rings. The van der Waals surface area contributed by atoms with Crippen LogP contribution in [0.15, 0.2) is 66.7 Å². The molecule has 1 aliphatic rings. The lowest BCUT2D eigenvalue weighted by molar-refractivity contribution is 0.0598. The molecule has 4 rings (SSSR count). The van der Waals surface area contributed by atoms with Gasteiger partial charge in [-0.1, -0.05) is 36.4 Å². The third-order valence-electron chi connectivity index (χ3n) is 7.78. The van der Waals surface area contributed by atoms with Crippen LogP contribution in [0.4, 0.5) is 9.18 Å². The van der Waals surface area contributed by atoms with Crippen LogP contribution in [-0.4, -0.2) is 89.8 Å². The highest BCUT2D eigenvalue weighted by Gasteiger charge is 2.47. The first-order valence-corrected chi connectivity index (χ1v) is 13.5. The summed E-state index contributed by atoms with van der Waals surface area (Å²) in [6, 6.07) is 16.2. The molecule has 2 N–H and O–H groups in total. The van der Waals surface area contributed by atoms with Crippen LogP contribution in [0.5, 0.6) is 11.5 Å². The van der Waals surface area contributed by atoms with Gasteiger partial charge in [0.05, 0.1) is 0 Å². The maximum atomic E-state index is 14.9. The molecule has 1 aliphatic heterocycles. The first kappa shape index (κ1) is 29.7. The third-order valence-corrected chi connectivity index (χ3v) is 7.78. The number of ketones is 2. The van der Waals surface area contributed by atoms with E-state index in [9.17, 15) is 29.0 Å². The number of phenolic OH excluding ortho intramolecular Hbond substituents is 2. The number of amides is 2. The van der Waals surface area contributed by atoms with E-state index in [4.69, 9.17) is 0 Å². The van der Waals surface area contributed by atoms with Gasteiger partial charge in [-0.2, -0.15) is 0 Å². The predicted molar refractivity (Wildman–Crippen MR) is 154 cm³/mol. The van der Waals surface area contributed by atoms with E-state index in [1.165, 1.54) is 35.2 Å². The zero-order chi connectivity index (χ0) is 29.8. The van der Waals surface area contributed by atoms with E-state index in [0.29, 0.717) is 24.2 Å². The van der Waals surface area contributed by atoms with Gasteiger partial charge < -0.3 is 24.9 Å². The Labute approximate surface area is 239 Å². The normalized spacial score (nSPS) is 17.5. The molecule has 3 aromatic rings. The van der Waals surface area contributed by atoms with Gasteiger partial charge in [-0.25, -0.2) is 9.18 Å². The molecule has 0 aromatic heterocycles. The van der Waals surface area contributed by atoms with Crippen LogP contribution in [-0.2, 0) is 0 Å². The van der Waals surface area contributed by atoms with Crippen LogP contribution in [0, 0.1) is 24.6 Å². The van der Waals surface area contributed by atoms with E-state index in [1.807, 2.05) is 19.0 Å². The Balaban J connectivity index is 1.85. The first-order valence-electron chi connectivity index (χ1n) is 13.5. The molecule has 0 radical (unpaired) electrons. The number of carbonyl (C=O) groups excluding carboxylic acids is 3. The minimum atomic E-state index is -0.913. The number of halogens is 1. The fourth-order valence-electron chi connectivity index (χ4n) is 5.56. The average molecular weight is 562 g/mol. The number of aromatic hydroxyl groups is 2. The third kappa shape index (κ3) is 6.57. The highest BCUT2D eigenvalue weighted by atomic mass is 19.1. The Morgan fingerprint density at radius 2 is 1.34 bits per heavy atom. The highest BCUT2D eigenvalue weighted by molar-refractivity contribution is 6.03. The molecule has 0 unspecified atom stereocenters. The number of carbonyl (C=O) groups is 3. The Kier molecular flexibility index (Phi) is 9.08. The SMILES string of the molecule is Cc1c(F)cccc1C1[C@@H](C(=O)c2cccc(O)c2)CN(C(=O)N(C)CCN(C)C)C[C@@H]1C(=O)c1cccc(O)c1. The van der Waals surface area contributed by atoms with Crippen LogP contribution in [0.2, 0.25) is 0 Å². The zero-order valence-electron chi connectivity index (χ0n) is 23.8. The number of rotatable bonds is 8. The number of likely N-dealkylation sites (tertiary alicyclic amines) is 1. The Hall–Kier alpha value is -4.24. The largest absolute Gasteiger partial charge is 0.508 e. The van der Waals surface area contributed by atoms with E-state index >= 15 is 0 Å². The van der Waals surface area contributed by atoms with Crippen LogP contribution < -0.4 is 0 Å². The van der Waals surface area contributed by atoms with Gasteiger partial charge in [0.1, 0.15) is 17.3 Å². The van der Waals surface area contributed by atoms with E-state index in [0.717, 1.165) is 0 Å². The Morgan fingerprint density at radius 3 is 1.83 bits per heavy atom. The lowest BCUT2D eigenvalue weighted by Gasteiger charge is -2.44. The van der Waals surface area contributed by atoms with Crippen molar-refractivity contribution in [3.8, 4) is 11.5 Å². The molecule has 41 heavy (non-hydrogen) atoms. The molecule has 1 heterocycles. The van der Waals surface area contributed by atoms with E-state index in [-0.39, 0.29) is 53.3 Å². The summed E-state index contributed by atoms with van der Waals surface area (Å²) in [5.41, 5.74) is 1.29. The van der Waals surface area contributed by atoms with Gasteiger partial charge in [0, 0.05) is 62.1 Å². The van der Waals surface area contributed by atoms with Crippen molar-refractivity contribution in [3.05, 3.63) is 94.8 Å². The van der Waals surface area contributed by atoms with E-state index < -0.39 is 23.6 Å². The minimum absolute atomic E-state index is 0.00403. The molecule has 0 spiro atoms. The topological polar surface area (TPSA) is 101 Å². The molecule has 0 bridgehead atoms. The van der Waals surface area contributed by atoms with Crippen molar-refractivity contribution >= 4 is 17.6 Å². The van der Waals surface area contributed by atoms with Crippen molar-refractivity contribution in [2.75, 3.05) is 47.3 Å². The van der Waals surface area contributed by atoms with Gasteiger partial charge in [-0.3, -0.25) is 9.59 Å². The summed E-state index contributed by atoms with van der Waals surface area (Å²) in [4.78, 5) is 46.9. The number of nitrogens with zero attached hydrogens (tertiary/aromatic N) is 3. The first-order chi connectivity index (χ1) is 19.5. The summed E-state index contributed by atoms with van der Waals surface area (Å²) in [5.74, 6) is -3.97. The maximum absolute atomic E-state index is 14.9. The second-order valence-corrected chi connectivity index (χ2v) is 10.9. The number of hydrogen-bond acceptors (Lipinski definition) is 6. The van der Waals surface area contributed by atoms with Crippen molar-refractivity contribution in [1.29, 1.82) is 0 Å². The highest BCUT2D eigenvalue weighted by Crippen LogP contribution is 2.43. The lowest BCUT2D eigenvalue weighted by atomic mass is 9.68. The summed E-state index contributed by atoms with van der Waals surface area (Å²) in [6.07, 6.45) is 0. The second-order valence-electron chi connectivity index (χ2n) is 10.9. The summed E-state index contributed by atoms with van der Waals surface area (Å²) < 4.78 is 14.9. The summed E-state index contributed by atoms with van der Waals surface area (Å²) in [6.45, 7) is 2.68. The fraction of sp³-hybridized carbons (Fsp3) is 0.344. The molecule has 9 heteroatoms. The van der Waals surface area contributed by atoms with E-state index in [1.54, 1.807) is 55.3 Å². The smallest absolute Gasteiger partial charge is 0.319 e. The number of Topliss-reactive ketones (excluding diaryl/α,β-unsaturated/α-hetero) is 2. The zero-order valence-corrected chi connectivity index (χ0v) is 23.8. The van der Waals surface area contributed by atoms with Crippen LogP contribution >= 0.6 is 0 Å². The molecule has 8 nitrogen and oxygen atoms in total.